The third-order valence-electron chi connectivity index (χ3n) is 0. The second-order valence-electron chi connectivity index (χ2n) is 0.289. The van der Waals surface area contributed by atoms with E-state index in [1.165, 1.54) is 0 Å². The van der Waals surface area contributed by atoms with Crippen LogP contribution in [0.25, 0.3) is 0 Å². The molecule has 0 aliphatic heterocycles. The van der Waals surface area contributed by atoms with Gasteiger partial charge in [0.25, 0.3) is 0 Å². The van der Waals surface area contributed by atoms with E-state index in [1.54, 1.807) is 0 Å². The minimum atomic E-state index is -2.92. The van der Waals surface area contributed by atoms with Gasteiger partial charge in [0, 0.05) is 0 Å². The van der Waals surface area contributed by atoms with Crippen LogP contribution in [0.15, 0.2) is 0 Å². The molecule has 0 aromatic rings. The Hall–Kier alpha value is 0.488. The Morgan fingerprint density at radius 3 is 1.00 bits per heavy atom. The van der Waals surface area contributed by atoms with Gasteiger partial charge < -0.3 is 15.1 Å². The van der Waals surface area contributed by atoms with Crippen molar-refractivity contribution >= 4 is 24.9 Å². The van der Waals surface area contributed by atoms with Crippen molar-refractivity contribution in [3.8, 4) is 0 Å². The van der Waals surface area contributed by atoms with Crippen molar-refractivity contribution < 1.29 is 15.1 Å². The van der Waals surface area contributed by atoms with Crippen LogP contribution in [-0.2, 0) is 0 Å². The van der Waals surface area contributed by atoms with Crippen LogP contribution in [-0.4, -0.2) is 24.9 Å². The normalized spacial score (nSPS) is 5.40. The standard InChI is InChI=1S/BO3.GeH/c2-1(3)4;/h;1H/q-3;+3. The molecule has 26 valence electrons. The fourth-order valence-corrected chi connectivity index (χ4v) is 0. The van der Waals surface area contributed by atoms with Gasteiger partial charge in [0.15, 0.2) is 0 Å². The van der Waals surface area contributed by atoms with Gasteiger partial charge in [0.1, 0.15) is 0 Å². The van der Waals surface area contributed by atoms with Crippen LogP contribution in [0.3, 0.4) is 0 Å². The van der Waals surface area contributed by atoms with Gasteiger partial charge in [-0.1, -0.05) is 0 Å². The summed E-state index contributed by atoms with van der Waals surface area (Å²) in [5.41, 5.74) is 0. The molecule has 0 aromatic carbocycles. The maximum atomic E-state index is 8.42. The quantitative estimate of drug-likeness (QED) is 0.312. The van der Waals surface area contributed by atoms with Crippen molar-refractivity contribution in [2.24, 2.45) is 0 Å². The molecule has 0 saturated heterocycles. The van der Waals surface area contributed by atoms with Crippen molar-refractivity contribution in [3.63, 3.8) is 0 Å². The zero-order chi connectivity index (χ0) is 3.58. The summed E-state index contributed by atoms with van der Waals surface area (Å²) in [7, 11) is -2.92. The fraction of sp³-hybridized carbons (Fsp3) is 0. The first-order chi connectivity index (χ1) is 1.73. The SMILES string of the molecule is [GeH+3].[O-]B([O-])[O-]. The molecule has 0 spiro atoms. The molecule has 0 amide bonds. The molecule has 0 aliphatic carbocycles. The molecule has 0 heterocycles. The molecule has 0 N–H and O–H groups in total. The van der Waals surface area contributed by atoms with Gasteiger partial charge in [-0.15, -0.1) is 0 Å². The average Bonchev–Trinajstić information content (AvgIpc) is 0.811. The van der Waals surface area contributed by atoms with Crippen molar-refractivity contribution in [1.82, 2.24) is 0 Å². The van der Waals surface area contributed by atoms with Crippen LogP contribution >= 0.6 is 0 Å². The molecule has 5 heteroatoms. The Morgan fingerprint density at radius 2 is 1.00 bits per heavy atom. The van der Waals surface area contributed by atoms with Gasteiger partial charge in [-0.25, -0.2) is 0 Å². The molecule has 3 nitrogen and oxygen atoms in total. The summed E-state index contributed by atoms with van der Waals surface area (Å²) in [6.45, 7) is 0. The molecule has 0 saturated carbocycles. The van der Waals surface area contributed by atoms with Crippen LogP contribution < -0.4 is 15.1 Å². The second-order valence-corrected chi connectivity index (χ2v) is 0.289. The van der Waals surface area contributed by atoms with Gasteiger partial charge in [0.2, 0.25) is 0 Å². The molecular formula is HBGeO3. The summed E-state index contributed by atoms with van der Waals surface area (Å²) in [4.78, 5) is 0. The predicted octanol–water partition coefficient (Wildman–Crippen LogP) is -4.60. The molecule has 0 rings (SSSR count). The Bertz CT molecular complexity index is 11.6. The molecule has 0 aromatic heterocycles. The topological polar surface area (TPSA) is 69.2 Å². The van der Waals surface area contributed by atoms with E-state index in [4.69, 9.17) is 15.1 Å². The van der Waals surface area contributed by atoms with Crippen LogP contribution in [0.4, 0.5) is 0 Å². The molecular weight excluding hydrogens is 131 g/mol. The van der Waals surface area contributed by atoms with Gasteiger partial charge in [-0.2, -0.15) is 0 Å². The summed E-state index contributed by atoms with van der Waals surface area (Å²) in [5.74, 6) is 0. The zero-order valence-electron chi connectivity index (χ0n) is 2.38. The summed E-state index contributed by atoms with van der Waals surface area (Å²) in [5, 5.41) is 25.2. The molecule has 0 atom stereocenters. The van der Waals surface area contributed by atoms with Gasteiger partial charge in [-0.05, 0) is 0 Å². The van der Waals surface area contributed by atoms with E-state index in [2.05, 4.69) is 0 Å². The molecule has 0 bridgehead atoms. The molecule has 0 aliphatic rings. The Morgan fingerprint density at radius 1 is 1.00 bits per heavy atom. The average molecular weight is 132 g/mol. The van der Waals surface area contributed by atoms with Crippen molar-refractivity contribution in [1.29, 1.82) is 0 Å². The van der Waals surface area contributed by atoms with Crippen molar-refractivity contribution in [2.75, 3.05) is 0 Å². The van der Waals surface area contributed by atoms with Gasteiger partial charge >= 0.3 is 17.6 Å². The minimum absolute atomic E-state index is 0. The fourth-order valence-electron chi connectivity index (χ4n) is 0. The smallest absolute Gasteiger partial charge is 0.278 e. The predicted molar refractivity (Wildman–Crippen MR) is 12.9 cm³/mol. The number of hydrogen-bond donors (Lipinski definition) is 0. The molecule has 0 unspecified atom stereocenters. The zero-order valence-corrected chi connectivity index (χ0v) is 4.80. The third-order valence-corrected chi connectivity index (χ3v) is 0. The van der Waals surface area contributed by atoms with Crippen LogP contribution in [0, 0.1) is 0 Å². The van der Waals surface area contributed by atoms with E-state index < -0.39 is 7.32 Å². The summed E-state index contributed by atoms with van der Waals surface area (Å²) in [6.07, 6.45) is 0. The first-order valence-corrected chi connectivity index (χ1v) is 0.707. The second kappa shape index (κ2) is 4.49. The largest absolute Gasteiger partial charge is 0.907 e. The Kier molecular flexibility index (Phi) is 8.16. The summed E-state index contributed by atoms with van der Waals surface area (Å²) < 4.78 is 0. The maximum Gasteiger partial charge on any atom is -0.278 e. The summed E-state index contributed by atoms with van der Waals surface area (Å²) >= 11 is 0. The van der Waals surface area contributed by atoms with E-state index in [-0.39, 0.29) is 17.6 Å². The van der Waals surface area contributed by atoms with Gasteiger partial charge in [-0.3, -0.25) is 7.32 Å². The van der Waals surface area contributed by atoms with Crippen LogP contribution in [0.2, 0.25) is 0 Å². The molecule has 0 radical (unpaired) electrons. The van der Waals surface area contributed by atoms with Crippen LogP contribution in [0.1, 0.15) is 0 Å². The minimum Gasteiger partial charge on any atom is -0.907 e. The molecule has 5 heavy (non-hydrogen) atoms. The van der Waals surface area contributed by atoms with E-state index >= 15 is 0 Å². The van der Waals surface area contributed by atoms with E-state index in [0.717, 1.165) is 0 Å². The maximum absolute atomic E-state index is 8.42. The Balaban J connectivity index is 0. The number of rotatable bonds is 0. The van der Waals surface area contributed by atoms with E-state index in [1.807, 2.05) is 0 Å². The monoisotopic (exact) mass is 134 g/mol. The van der Waals surface area contributed by atoms with Crippen molar-refractivity contribution in [2.45, 2.75) is 0 Å². The number of hydrogen-bond acceptors (Lipinski definition) is 3. The third kappa shape index (κ3) is 117. The summed E-state index contributed by atoms with van der Waals surface area (Å²) in [6, 6.07) is 0. The van der Waals surface area contributed by atoms with E-state index in [0.29, 0.717) is 0 Å². The van der Waals surface area contributed by atoms with Crippen LogP contribution in [0.5, 0.6) is 0 Å². The Labute approximate surface area is 40.8 Å². The first kappa shape index (κ1) is 9.09. The van der Waals surface area contributed by atoms with Crippen molar-refractivity contribution in [3.05, 3.63) is 0 Å². The van der Waals surface area contributed by atoms with E-state index in [9.17, 15) is 0 Å². The van der Waals surface area contributed by atoms with Gasteiger partial charge in [0.05, 0.1) is 0 Å². The molecule has 0 fully saturated rings. The first-order valence-electron chi connectivity index (χ1n) is 0.707.